The van der Waals surface area contributed by atoms with Crippen molar-refractivity contribution in [2.24, 2.45) is 0 Å². The standard InChI is InChI=1S/C16H22N4/c1-19-8-2-3-13-11-14(4-5-15(13)19)16(12-17)20-9-6-18-7-10-20/h4-5,11,16,18H,2-3,6-10H2,1H3. The molecule has 2 aliphatic heterocycles. The molecule has 1 atom stereocenters. The summed E-state index contributed by atoms with van der Waals surface area (Å²) in [7, 11) is 2.15. The summed E-state index contributed by atoms with van der Waals surface area (Å²) in [6.45, 7) is 4.99. The van der Waals surface area contributed by atoms with Gasteiger partial charge < -0.3 is 10.2 Å². The predicted molar refractivity (Wildman–Crippen MR) is 80.8 cm³/mol. The van der Waals surface area contributed by atoms with Crippen LogP contribution in [-0.2, 0) is 6.42 Å². The molecule has 1 unspecified atom stereocenters. The van der Waals surface area contributed by atoms with Gasteiger partial charge in [-0.05, 0) is 30.0 Å². The third-order valence-electron chi connectivity index (χ3n) is 4.41. The lowest BCUT2D eigenvalue weighted by atomic mass is 9.96. The predicted octanol–water partition coefficient (Wildman–Crippen LogP) is 1.54. The Morgan fingerprint density at radius 1 is 1.25 bits per heavy atom. The molecule has 0 aromatic heterocycles. The van der Waals surface area contributed by atoms with E-state index in [1.54, 1.807) is 0 Å². The highest BCUT2D eigenvalue weighted by Crippen LogP contribution is 2.30. The first-order valence-corrected chi connectivity index (χ1v) is 7.48. The molecule has 0 aliphatic carbocycles. The molecule has 0 bridgehead atoms. The Morgan fingerprint density at radius 2 is 2.05 bits per heavy atom. The van der Waals surface area contributed by atoms with Crippen molar-refractivity contribution in [2.75, 3.05) is 44.7 Å². The number of benzene rings is 1. The highest BCUT2D eigenvalue weighted by molar-refractivity contribution is 5.56. The van der Waals surface area contributed by atoms with Gasteiger partial charge in [0.15, 0.2) is 0 Å². The average Bonchev–Trinajstić information content (AvgIpc) is 2.49. The number of nitriles is 1. The Hall–Kier alpha value is -1.57. The molecule has 1 aromatic rings. The summed E-state index contributed by atoms with van der Waals surface area (Å²) in [4.78, 5) is 4.60. The van der Waals surface area contributed by atoms with Crippen molar-refractivity contribution >= 4 is 5.69 Å². The number of aryl methyl sites for hydroxylation is 1. The first-order chi connectivity index (χ1) is 9.79. The van der Waals surface area contributed by atoms with Crippen molar-refractivity contribution in [2.45, 2.75) is 18.9 Å². The van der Waals surface area contributed by atoms with Crippen LogP contribution in [0, 0.1) is 11.3 Å². The van der Waals surface area contributed by atoms with E-state index in [-0.39, 0.29) is 6.04 Å². The van der Waals surface area contributed by atoms with Gasteiger partial charge in [-0.3, -0.25) is 4.90 Å². The Kier molecular flexibility index (Phi) is 3.90. The molecular weight excluding hydrogens is 248 g/mol. The van der Waals surface area contributed by atoms with Crippen LogP contribution in [0.5, 0.6) is 0 Å². The van der Waals surface area contributed by atoms with Crippen LogP contribution >= 0.6 is 0 Å². The molecular formula is C16H22N4. The lowest BCUT2D eigenvalue weighted by Crippen LogP contribution is -2.44. The molecule has 4 nitrogen and oxygen atoms in total. The first kappa shape index (κ1) is 13.4. The highest BCUT2D eigenvalue weighted by Gasteiger charge is 2.23. The average molecular weight is 270 g/mol. The second-order valence-corrected chi connectivity index (χ2v) is 5.73. The van der Waals surface area contributed by atoms with Gasteiger partial charge in [0.1, 0.15) is 6.04 Å². The molecule has 106 valence electrons. The van der Waals surface area contributed by atoms with Crippen LogP contribution in [0.2, 0.25) is 0 Å². The van der Waals surface area contributed by atoms with E-state index in [9.17, 15) is 5.26 Å². The SMILES string of the molecule is CN1CCCc2cc(C(C#N)N3CCNCC3)ccc21. The van der Waals surface area contributed by atoms with Gasteiger partial charge in [0.25, 0.3) is 0 Å². The Labute approximate surface area is 121 Å². The highest BCUT2D eigenvalue weighted by atomic mass is 15.2. The van der Waals surface area contributed by atoms with Gasteiger partial charge >= 0.3 is 0 Å². The molecule has 0 saturated carbocycles. The number of nitrogens with one attached hydrogen (secondary N) is 1. The summed E-state index contributed by atoms with van der Waals surface area (Å²) in [5.41, 5.74) is 3.88. The van der Waals surface area contributed by atoms with Gasteiger partial charge in [-0.15, -0.1) is 0 Å². The van der Waals surface area contributed by atoms with Crippen LogP contribution in [0.15, 0.2) is 18.2 Å². The minimum absolute atomic E-state index is 0.102. The molecule has 1 aromatic carbocycles. The number of piperazine rings is 1. The molecule has 3 rings (SSSR count). The largest absolute Gasteiger partial charge is 0.374 e. The molecule has 0 amide bonds. The fourth-order valence-corrected chi connectivity index (χ4v) is 3.28. The second-order valence-electron chi connectivity index (χ2n) is 5.73. The summed E-state index contributed by atoms with van der Waals surface area (Å²) >= 11 is 0. The van der Waals surface area contributed by atoms with Crippen molar-refractivity contribution in [3.63, 3.8) is 0 Å². The van der Waals surface area contributed by atoms with Crippen molar-refractivity contribution in [3.8, 4) is 6.07 Å². The fraction of sp³-hybridized carbons (Fsp3) is 0.562. The third kappa shape index (κ3) is 2.52. The van der Waals surface area contributed by atoms with Gasteiger partial charge in [0.05, 0.1) is 6.07 Å². The summed E-state index contributed by atoms with van der Waals surface area (Å²) in [5, 5.41) is 12.9. The number of nitrogens with zero attached hydrogens (tertiary/aromatic N) is 3. The molecule has 2 aliphatic rings. The summed E-state index contributed by atoms with van der Waals surface area (Å²) < 4.78 is 0. The van der Waals surface area contributed by atoms with Crippen LogP contribution in [0.25, 0.3) is 0 Å². The van der Waals surface area contributed by atoms with Gasteiger partial charge in [0.2, 0.25) is 0 Å². The van der Waals surface area contributed by atoms with Crippen LogP contribution in [-0.4, -0.2) is 44.7 Å². The van der Waals surface area contributed by atoms with Crippen molar-refractivity contribution in [1.82, 2.24) is 10.2 Å². The fourth-order valence-electron chi connectivity index (χ4n) is 3.28. The maximum Gasteiger partial charge on any atom is 0.123 e. The van der Waals surface area contributed by atoms with Crippen molar-refractivity contribution in [1.29, 1.82) is 5.26 Å². The smallest absolute Gasteiger partial charge is 0.123 e. The molecule has 0 radical (unpaired) electrons. The summed E-state index contributed by atoms with van der Waals surface area (Å²) in [6, 6.07) is 8.97. The molecule has 1 N–H and O–H groups in total. The normalized spacial score (nSPS) is 21.1. The second kappa shape index (κ2) is 5.82. The van der Waals surface area contributed by atoms with E-state index < -0.39 is 0 Å². The lowest BCUT2D eigenvalue weighted by Gasteiger charge is -2.33. The summed E-state index contributed by atoms with van der Waals surface area (Å²) in [5.74, 6) is 0. The van der Waals surface area contributed by atoms with Crippen LogP contribution in [0.4, 0.5) is 5.69 Å². The zero-order valence-electron chi connectivity index (χ0n) is 12.1. The molecule has 1 saturated heterocycles. The third-order valence-corrected chi connectivity index (χ3v) is 4.41. The molecule has 2 heterocycles. The monoisotopic (exact) mass is 270 g/mol. The minimum atomic E-state index is -0.102. The number of fused-ring (bicyclic) bond motifs is 1. The van der Waals surface area contributed by atoms with E-state index in [1.165, 1.54) is 17.7 Å². The maximum absolute atomic E-state index is 9.57. The van der Waals surface area contributed by atoms with Crippen molar-refractivity contribution in [3.05, 3.63) is 29.3 Å². The van der Waals surface area contributed by atoms with Crippen LogP contribution in [0.1, 0.15) is 23.6 Å². The van der Waals surface area contributed by atoms with E-state index in [4.69, 9.17) is 0 Å². The molecule has 1 fully saturated rings. The quantitative estimate of drug-likeness (QED) is 0.885. The maximum atomic E-state index is 9.57. The number of rotatable bonds is 2. The number of hydrogen-bond donors (Lipinski definition) is 1. The zero-order valence-corrected chi connectivity index (χ0v) is 12.1. The van der Waals surface area contributed by atoms with Crippen molar-refractivity contribution < 1.29 is 0 Å². The molecule has 0 spiro atoms. The molecule has 20 heavy (non-hydrogen) atoms. The minimum Gasteiger partial charge on any atom is -0.374 e. The van der Waals surface area contributed by atoms with Gasteiger partial charge in [-0.2, -0.15) is 5.26 Å². The van der Waals surface area contributed by atoms with E-state index in [0.717, 1.165) is 44.7 Å². The Bertz CT molecular complexity index is 514. The summed E-state index contributed by atoms with van der Waals surface area (Å²) in [6.07, 6.45) is 2.34. The van der Waals surface area contributed by atoms with Gasteiger partial charge in [-0.1, -0.05) is 12.1 Å². The first-order valence-electron chi connectivity index (χ1n) is 7.48. The van der Waals surface area contributed by atoms with Crippen LogP contribution in [0.3, 0.4) is 0 Å². The van der Waals surface area contributed by atoms with Gasteiger partial charge in [0, 0.05) is 45.5 Å². The zero-order chi connectivity index (χ0) is 13.9. The van der Waals surface area contributed by atoms with E-state index in [1.807, 2.05) is 0 Å². The Balaban J connectivity index is 1.87. The Morgan fingerprint density at radius 3 is 2.80 bits per heavy atom. The molecule has 4 heteroatoms. The van der Waals surface area contributed by atoms with E-state index in [2.05, 4.69) is 46.4 Å². The number of hydrogen-bond acceptors (Lipinski definition) is 4. The van der Waals surface area contributed by atoms with E-state index in [0.29, 0.717) is 0 Å². The lowest BCUT2D eigenvalue weighted by molar-refractivity contribution is 0.207. The van der Waals surface area contributed by atoms with Crippen LogP contribution < -0.4 is 10.2 Å². The topological polar surface area (TPSA) is 42.3 Å². The van der Waals surface area contributed by atoms with Gasteiger partial charge in [-0.25, -0.2) is 0 Å². The number of anilines is 1. The van der Waals surface area contributed by atoms with E-state index >= 15 is 0 Å².